The van der Waals surface area contributed by atoms with Crippen molar-refractivity contribution in [3.8, 4) is 0 Å². The molecule has 1 aromatic rings. The van der Waals surface area contributed by atoms with Crippen molar-refractivity contribution in [1.82, 2.24) is 9.97 Å². The van der Waals surface area contributed by atoms with Crippen molar-refractivity contribution in [2.45, 2.75) is 38.3 Å². The molecule has 6 nitrogen and oxygen atoms in total. The molecule has 2 rings (SSSR count). The van der Waals surface area contributed by atoms with E-state index in [9.17, 15) is 4.79 Å². The molecule has 98 valence electrons. The summed E-state index contributed by atoms with van der Waals surface area (Å²) in [5, 5.41) is 3.27. The second-order valence-corrected chi connectivity index (χ2v) is 4.56. The van der Waals surface area contributed by atoms with Crippen LogP contribution >= 0.6 is 0 Å². The highest BCUT2D eigenvalue weighted by Gasteiger charge is 2.24. The van der Waals surface area contributed by atoms with Crippen LogP contribution in [0.15, 0.2) is 6.07 Å². The van der Waals surface area contributed by atoms with Crippen molar-refractivity contribution in [2.75, 3.05) is 12.4 Å². The third-order valence-electron chi connectivity index (χ3n) is 3.12. The number of hydrogen-bond acceptors (Lipinski definition) is 6. The summed E-state index contributed by atoms with van der Waals surface area (Å²) in [5.41, 5.74) is 6.71. The molecule has 2 unspecified atom stereocenters. The number of esters is 1. The zero-order valence-corrected chi connectivity index (χ0v) is 10.6. The number of nitrogens with zero attached hydrogens (tertiary/aromatic N) is 2. The molecule has 0 bridgehead atoms. The van der Waals surface area contributed by atoms with Crippen molar-refractivity contribution in [1.29, 1.82) is 0 Å². The molecule has 1 aliphatic rings. The molecular weight excluding hydrogens is 232 g/mol. The van der Waals surface area contributed by atoms with E-state index in [0.717, 1.165) is 25.0 Å². The number of carbonyl (C=O) groups is 1. The van der Waals surface area contributed by atoms with Gasteiger partial charge in [0.2, 0.25) is 5.82 Å². The third kappa shape index (κ3) is 2.76. The molecule has 0 spiro atoms. The monoisotopic (exact) mass is 250 g/mol. The molecule has 0 radical (unpaired) electrons. The van der Waals surface area contributed by atoms with Gasteiger partial charge in [-0.3, -0.25) is 0 Å². The van der Waals surface area contributed by atoms with Gasteiger partial charge in [-0.15, -0.1) is 0 Å². The standard InChI is InChI=1S/C12H18N4O2/c1-7-6-10(15-9-5-3-4-8(9)13)16-11(14-7)12(17)18-2/h6,8-9H,3-5,13H2,1-2H3,(H,14,15,16). The lowest BCUT2D eigenvalue weighted by molar-refractivity contribution is 0.0586. The summed E-state index contributed by atoms with van der Waals surface area (Å²) in [6.07, 6.45) is 3.16. The van der Waals surface area contributed by atoms with Crippen LogP contribution in [-0.4, -0.2) is 35.1 Å². The highest BCUT2D eigenvalue weighted by atomic mass is 16.5. The van der Waals surface area contributed by atoms with Gasteiger partial charge in [0.15, 0.2) is 0 Å². The molecule has 0 saturated heterocycles. The Kier molecular flexibility index (Phi) is 3.76. The first-order valence-corrected chi connectivity index (χ1v) is 6.06. The van der Waals surface area contributed by atoms with Crippen molar-refractivity contribution in [2.24, 2.45) is 5.73 Å². The molecule has 2 atom stereocenters. The van der Waals surface area contributed by atoms with Crippen LogP contribution in [0.1, 0.15) is 35.6 Å². The van der Waals surface area contributed by atoms with Gasteiger partial charge in [-0.2, -0.15) is 0 Å². The summed E-state index contributed by atoms with van der Waals surface area (Å²) in [6, 6.07) is 2.16. The Morgan fingerprint density at radius 1 is 1.50 bits per heavy atom. The predicted octanol–water partition coefficient (Wildman–Crippen LogP) is 0.863. The molecule has 0 amide bonds. The van der Waals surface area contributed by atoms with Crippen LogP contribution in [0.3, 0.4) is 0 Å². The number of carbonyl (C=O) groups excluding carboxylic acids is 1. The highest BCUT2D eigenvalue weighted by molar-refractivity contribution is 5.85. The average Bonchev–Trinajstić information content (AvgIpc) is 2.73. The average molecular weight is 250 g/mol. The maximum atomic E-state index is 11.4. The summed E-state index contributed by atoms with van der Waals surface area (Å²) >= 11 is 0. The zero-order valence-electron chi connectivity index (χ0n) is 10.6. The van der Waals surface area contributed by atoms with Gasteiger partial charge in [0.1, 0.15) is 5.82 Å². The number of rotatable bonds is 3. The highest BCUT2D eigenvalue weighted by Crippen LogP contribution is 2.21. The van der Waals surface area contributed by atoms with Crippen LogP contribution in [-0.2, 0) is 4.74 Å². The van der Waals surface area contributed by atoms with Gasteiger partial charge >= 0.3 is 5.97 Å². The molecular formula is C12H18N4O2. The minimum absolute atomic E-state index is 0.0755. The number of nitrogens with two attached hydrogens (primary N) is 1. The number of aromatic nitrogens is 2. The molecule has 1 aromatic heterocycles. The number of anilines is 1. The molecule has 1 aliphatic carbocycles. The molecule has 1 saturated carbocycles. The lowest BCUT2D eigenvalue weighted by Gasteiger charge is -2.18. The number of nitrogens with one attached hydrogen (secondary N) is 1. The van der Waals surface area contributed by atoms with Crippen LogP contribution in [0, 0.1) is 6.92 Å². The summed E-state index contributed by atoms with van der Waals surface area (Å²) in [5.74, 6) is 0.175. The second kappa shape index (κ2) is 5.30. The largest absolute Gasteiger partial charge is 0.463 e. The Morgan fingerprint density at radius 3 is 2.89 bits per heavy atom. The van der Waals surface area contributed by atoms with E-state index in [4.69, 9.17) is 5.73 Å². The first-order valence-electron chi connectivity index (χ1n) is 6.06. The van der Waals surface area contributed by atoms with E-state index in [1.807, 2.05) is 6.92 Å². The second-order valence-electron chi connectivity index (χ2n) is 4.56. The van der Waals surface area contributed by atoms with Crippen LogP contribution in [0.4, 0.5) is 5.82 Å². The molecule has 6 heteroatoms. The fourth-order valence-corrected chi connectivity index (χ4v) is 2.18. The maximum Gasteiger partial charge on any atom is 0.376 e. The van der Waals surface area contributed by atoms with Gasteiger partial charge in [0, 0.05) is 23.8 Å². The number of aryl methyl sites for hydroxylation is 1. The maximum absolute atomic E-state index is 11.4. The van der Waals surface area contributed by atoms with Gasteiger partial charge in [0.25, 0.3) is 0 Å². The van der Waals surface area contributed by atoms with Crippen LogP contribution < -0.4 is 11.1 Å². The molecule has 3 N–H and O–H groups in total. The summed E-state index contributed by atoms with van der Waals surface area (Å²) in [4.78, 5) is 19.6. The van der Waals surface area contributed by atoms with E-state index < -0.39 is 5.97 Å². The SMILES string of the molecule is COC(=O)c1nc(C)cc(NC2CCCC2N)n1. The lowest BCUT2D eigenvalue weighted by atomic mass is 10.2. The topological polar surface area (TPSA) is 90.1 Å². The summed E-state index contributed by atoms with van der Waals surface area (Å²) < 4.78 is 4.62. The van der Waals surface area contributed by atoms with Gasteiger partial charge in [-0.25, -0.2) is 14.8 Å². The van der Waals surface area contributed by atoms with E-state index in [1.165, 1.54) is 7.11 Å². The lowest BCUT2D eigenvalue weighted by Crippen LogP contribution is -2.35. The molecule has 0 aromatic carbocycles. The van der Waals surface area contributed by atoms with Crippen molar-refractivity contribution in [3.05, 3.63) is 17.6 Å². The van der Waals surface area contributed by atoms with Gasteiger partial charge < -0.3 is 15.8 Å². The zero-order chi connectivity index (χ0) is 13.1. The fraction of sp³-hybridized carbons (Fsp3) is 0.583. The Bertz CT molecular complexity index is 450. The summed E-state index contributed by atoms with van der Waals surface area (Å²) in [6.45, 7) is 1.81. The minimum atomic E-state index is -0.530. The van der Waals surface area contributed by atoms with E-state index >= 15 is 0 Å². The predicted molar refractivity (Wildman–Crippen MR) is 67.3 cm³/mol. The van der Waals surface area contributed by atoms with Crippen LogP contribution in [0.2, 0.25) is 0 Å². The molecule has 1 heterocycles. The Balaban J connectivity index is 2.17. The number of ether oxygens (including phenoxy) is 1. The molecule has 0 aliphatic heterocycles. The summed E-state index contributed by atoms with van der Waals surface area (Å²) in [7, 11) is 1.31. The Hall–Kier alpha value is -1.69. The number of methoxy groups -OCH3 is 1. The van der Waals surface area contributed by atoms with E-state index in [-0.39, 0.29) is 17.9 Å². The molecule has 1 fully saturated rings. The smallest absolute Gasteiger partial charge is 0.376 e. The van der Waals surface area contributed by atoms with Gasteiger partial charge in [-0.1, -0.05) is 0 Å². The number of hydrogen-bond donors (Lipinski definition) is 2. The fourth-order valence-electron chi connectivity index (χ4n) is 2.18. The molecule has 18 heavy (non-hydrogen) atoms. The van der Waals surface area contributed by atoms with Crippen LogP contribution in [0.5, 0.6) is 0 Å². The first kappa shape index (κ1) is 12.8. The first-order chi connectivity index (χ1) is 8.60. The quantitative estimate of drug-likeness (QED) is 0.773. The van der Waals surface area contributed by atoms with Gasteiger partial charge in [-0.05, 0) is 26.2 Å². The third-order valence-corrected chi connectivity index (χ3v) is 3.12. The van der Waals surface area contributed by atoms with Crippen molar-refractivity contribution < 1.29 is 9.53 Å². The Labute approximate surface area is 106 Å². The van der Waals surface area contributed by atoms with Crippen molar-refractivity contribution >= 4 is 11.8 Å². The van der Waals surface area contributed by atoms with E-state index in [1.54, 1.807) is 6.07 Å². The van der Waals surface area contributed by atoms with E-state index in [0.29, 0.717) is 5.82 Å². The van der Waals surface area contributed by atoms with Crippen molar-refractivity contribution in [3.63, 3.8) is 0 Å². The van der Waals surface area contributed by atoms with Gasteiger partial charge in [0.05, 0.1) is 7.11 Å². The normalized spacial score (nSPS) is 22.8. The van der Waals surface area contributed by atoms with Crippen LogP contribution in [0.25, 0.3) is 0 Å². The minimum Gasteiger partial charge on any atom is -0.463 e. The van der Waals surface area contributed by atoms with E-state index in [2.05, 4.69) is 20.0 Å². The Morgan fingerprint density at radius 2 is 2.28 bits per heavy atom.